The first-order chi connectivity index (χ1) is 9.80. The van der Waals surface area contributed by atoms with Crippen LogP contribution in [0.1, 0.15) is 54.6 Å². The fourth-order valence-electron chi connectivity index (χ4n) is 2.97. The Morgan fingerprint density at radius 1 is 1.24 bits per heavy atom. The quantitative estimate of drug-likeness (QED) is 0.869. The molecule has 1 heterocycles. The minimum atomic E-state index is -0.585. The lowest BCUT2D eigenvalue weighted by Crippen LogP contribution is -2.40. The van der Waals surface area contributed by atoms with Crippen molar-refractivity contribution in [2.75, 3.05) is 13.1 Å². The predicted molar refractivity (Wildman–Crippen MR) is 85.8 cm³/mol. The van der Waals surface area contributed by atoms with Crippen LogP contribution in [0.15, 0.2) is 18.2 Å². The Morgan fingerprint density at radius 3 is 2.62 bits per heavy atom. The monoisotopic (exact) mass is 289 g/mol. The molecule has 3 heteroatoms. The molecule has 116 valence electrons. The van der Waals surface area contributed by atoms with E-state index in [1.165, 1.54) is 5.56 Å². The van der Waals surface area contributed by atoms with Gasteiger partial charge >= 0.3 is 0 Å². The smallest absolute Gasteiger partial charge is 0.179 e. The van der Waals surface area contributed by atoms with Gasteiger partial charge in [-0.05, 0) is 70.7 Å². The van der Waals surface area contributed by atoms with Crippen molar-refractivity contribution in [2.45, 2.75) is 58.6 Å². The minimum absolute atomic E-state index is 0.124. The summed E-state index contributed by atoms with van der Waals surface area (Å²) >= 11 is 0. The van der Waals surface area contributed by atoms with Gasteiger partial charge in [0.15, 0.2) is 5.78 Å². The van der Waals surface area contributed by atoms with Crippen LogP contribution in [0.4, 0.5) is 0 Å². The van der Waals surface area contributed by atoms with Crippen molar-refractivity contribution in [3.63, 3.8) is 0 Å². The molecule has 0 amide bonds. The van der Waals surface area contributed by atoms with Crippen LogP contribution < -0.4 is 0 Å². The Kier molecular flexibility index (Phi) is 4.84. The van der Waals surface area contributed by atoms with E-state index in [0.717, 1.165) is 43.5 Å². The van der Waals surface area contributed by atoms with E-state index in [9.17, 15) is 9.90 Å². The SMILES string of the molecule is Cc1ccc(C(=O)C(C)N2CCCC(C)(O)CC2)cc1C. The largest absolute Gasteiger partial charge is 0.390 e. The number of Topliss-reactive ketones (excluding diaryl/α,β-unsaturated/α-hetero) is 1. The van der Waals surface area contributed by atoms with Gasteiger partial charge in [0, 0.05) is 12.1 Å². The first-order valence-electron chi connectivity index (χ1n) is 7.88. The van der Waals surface area contributed by atoms with Crippen molar-refractivity contribution in [3.05, 3.63) is 34.9 Å². The van der Waals surface area contributed by atoms with Crippen molar-refractivity contribution in [1.29, 1.82) is 0 Å². The summed E-state index contributed by atoms with van der Waals surface area (Å²) < 4.78 is 0. The number of benzene rings is 1. The Hall–Kier alpha value is -1.19. The fraction of sp³-hybridized carbons (Fsp3) is 0.611. The van der Waals surface area contributed by atoms with Gasteiger partial charge < -0.3 is 5.11 Å². The van der Waals surface area contributed by atoms with Crippen LogP contribution in [0.5, 0.6) is 0 Å². The molecule has 3 nitrogen and oxygen atoms in total. The van der Waals surface area contributed by atoms with Crippen LogP contribution in [-0.4, -0.2) is 40.5 Å². The molecular weight excluding hydrogens is 262 g/mol. The number of aliphatic hydroxyl groups is 1. The Balaban J connectivity index is 2.09. The highest BCUT2D eigenvalue weighted by molar-refractivity contribution is 6.00. The molecule has 0 radical (unpaired) electrons. The lowest BCUT2D eigenvalue weighted by molar-refractivity contribution is 0.0427. The van der Waals surface area contributed by atoms with E-state index in [4.69, 9.17) is 0 Å². The predicted octanol–water partition coefficient (Wildman–Crippen LogP) is 3.11. The standard InChI is InChI=1S/C18H27NO2/c1-13-6-7-16(12-14(13)2)17(20)15(3)19-10-5-8-18(4,21)9-11-19/h6-7,12,15,21H,5,8-11H2,1-4H3. The molecule has 1 N–H and O–H groups in total. The summed E-state index contributed by atoms with van der Waals surface area (Å²) in [7, 11) is 0. The van der Waals surface area contributed by atoms with Crippen molar-refractivity contribution >= 4 is 5.78 Å². The molecule has 0 aromatic heterocycles. The molecule has 1 fully saturated rings. The van der Waals surface area contributed by atoms with Gasteiger partial charge in [0.2, 0.25) is 0 Å². The molecule has 0 saturated carbocycles. The van der Waals surface area contributed by atoms with Crippen molar-refractivity contribution < 1.29 is 9.90 Å². The first-order valence-corrected chi connectivity index (χ1v) is 7.88. The van der Waals surface area contributed by atoms with Crippen molar-refractivity contribution in [3.8, 4) is 0 Å². The van der Waals surface area contributed by atoms with Gasteiger partial charge in [-0.15, -0.1) is 0 Å². The highest BCUT2D eigenvalue weighted by atomic mass is 16.3. The average molecular weight is 289 g/mol. The van der Waals surface area contributed by atoms with Crippen molar-refractivity contribution in [2.24, 2.45) is 0 Å². The maximum Gasteiger partial charge on any atom is 0.179 e. The van der Waals surface area contributed by atoms with E-state index in [2.05, 4.69) is 11.8 Å². The third-order valence-electron chi connectivity index (χ3n) is 4.82. The number of hydrogen-bond acceptors (Lipinski definition) is 3. The molecule has 0 aliphatic carbocycles. The number of likely N-dealkylation sites (tertiary alicyclic amines) is 1. The molecule has 2 rings (SSSR count). The van der Waals surface area contributed by atoms with Gasteiger partial charge in [-0.2, -0.15) is 0 Å². The second kappa shape index (κ2) is 6.29. The fourth-order valence-corrected chi connectivity index (χ4v) is 2.97. The van der Waals surface area contributed by atoms with Crippen LogP contribution in [-0.2, 0) is 0 Å². The van der Waals surface area contributed by atoms with Crippen LogP contribution in [0.3, 0.4) is 0 Å². The number of ketones is 1. The maximum atomic E-state index is 12.7. The summed E-state index contributed by atoms with van der Waals surface area (Å²) in [6, 6.07) is 5.81. The van der Waals surface area contributed by atoms with Crippen LogP contribution in [0.25, 0.3) is 0 Å². The highest BCUT2D eigenvalue weighted by Gasteiger charge is 2.29. The third-order valence-corrected chi connectivity index (χ3v) is 4.82. The number of rotatable bonds is 3. The average Bonchev–Trinajstić information content (AvgIpc) is 2.61. The lowest BCUT2D eigenvalue weighted by atomic mass is 9.98. The highest BCUT2D eigenvalue weighted by Crippen LogP contribution is 2.23. The Bertz CT molecular complexity index is 522. The molecule has 2 unspecified atom stereocenters. The molecule has 21 heavy (non-hydrogen) atoms. The zero-order valence-corrected chi connectivity index (χ0v) is 13.6. The van der Waals surface area contributed by atoms with Gasteiger partial charge in [0.1, 0.15) is 0 Å². The first kappa shape index (κ1) is 16.2. The van der Waals surface area contributed by atoms with Crippen LogP contribution >= 0.6 is 0 Å². The van der Waals surface area contributed by atoms with Crippen LogP contribution in [0, 0.1) is 13.8 Å². The Labute approximate surface area is 128 Å². The third kappa shape index (κ3) is 3.92. The number of hydrogen-bond donors (Lipinski definition) is 1. The summed E-state index contributed by atoms with van der Waals surface area (Å²) in [6.45, 7) is 9.65. The van der Waals surface area contributed by atoms with E-state index in [1.54, 1.807) is 0 Å². The topological polar surface area (TPSA) is 40.5 Å². The van der Waals surface area contributed by atoms with E-state index in [1.807, 2.05) is 39.0 Å². The summed E-state index contributed by atoms with van der Waals surface area (Å²) in [4.78, 5) is 14.9. The summed E-state index contributed by atoms with van der Waals surface area (Å²) in [5, 5.41) is 10.2. The second-order valence-corrected chi connectivity index (χ2v) is 6.73. The number of aryl methyl sites for hydroxylation is 2. The number of nitrogens with zero attached hydrogens (tertiary/aromatic N) is 1. The molecule has 1 aromatic carbocycles. The number of carbonyl (C=O) groups excluding carboxylic acids is 1. The molecular formula is C18H27NO2. The normalized spacial score (nSPS) is 25.4. The molecule has 1 saturated heterocycles. The maximum absolute atomic E-state index is 12.7. The lowest BCUT2D eigenvalue weighted by Gasteiger charge is -2.27. The summed E-state index contributed by atoms with van der Waals surface area (Å²) in [5.74, 6) is 0.180. The van der Waals surface area contributed by atoms with Crippen molar-refractivity contribution in [1.82, 2.24) is 4.90 Å². The second-order valence-electron chi connectivity index (χ2n) is 6.73. The zero-order chi connectivity index (χ0) is 15.6. The van der Waals surface area contributed by atoms with Gasteiger partial charge in [0.05, 0.1) is 11.6 Å². The van der Waals surface area contributed by atoms with Gasteiger partial charge in [-0.1, -0.05) is 12.1 Å². The molecule has 2 atom stereocenters. The van der Waals surface area contributed by atoms with Gasteiger partial charge in [-0.25, -0.2) is 0 Å². The molecule has 0 spiro atoms. The summed E-state index contributed by atoms with van der Waals surface area (Å²) in [6.07, 6.45) is 2.49. The van der Waals surface area contributed by atoms with E-state index < -0.39 is 5.60 Å². The van der Waals surface area contributed by atoms with E-state index in [-0.39, 0.29) is 11.8 Å². The van der Waals surface area contributed by atoms with Crippen LogP contribution in [0.2, 0.25) is 0 Å². The molecule has 1 aliphatic heterocycles. The summed E-state index contributed by atoms with van der Waals surface area (Å²) in [5.41, 5.74) is 2.58. The minimum Gasteiger partial charge on any atom is -0.390 e. The van der Waals surface area contributed by atoms with E-state index in [0.29, 0.717) is 0 Å². The van der Waals surface area contributed by atoms with Gasteiger partial charge in [-0.3, -0.25) is 9.69 Å². The molecule has 1 aliphatic rings. The molecule has 1 aromatic rings. The van der Waals surface area contributed by atoms with Gasteiger partial charge in [0.25, 0.3) is 0 Å². The Morgan fingerprint density at radius 2 is 1.95 bits per heavy atom. The molecule has 0 bridgehead atoms. The van der Waals surface area contributed by atoms with E-state index >= 15 is 0 Å². The zero-order valence-electron chi connectivity index (χ0n) is 13.6. The number of carbonyl (C=O) groups is 1.